The van der Waals surface area contributed by atoms with Crippen molar-refractivity contribution in [1.29, 1.82) is 0 Å². The average molecular weight is 278 g/mol. The van der Waals surface area contributed by atoms with Gasteiger partial charge in [0.1, 0.15) is 5.75 Å². The number of ether oxygens (including phenoxy) is 1. The number of nitrogens with two attached hydrogens (primary N) is 1. The minimum Gasteiger partial charge on any atom is -0.497 e. The summed E-state index contributed by atoms with van der Waals surface area (Å²) >= 11 is 0. The van der Waals surface area contributed by atoms with Gasteiger partial charge in [-0.2, -0.15) is 0 Å². The fraction of sp³-hybridized carbons (Fsp3) is 0.0769. The highest BCUT2D eigenvalue weighted by Gasteiger charge is 2.17. The van der Waals surface area contributed by atoms with Crippen LogP contribution in [-0.2, 0) is 9.84 Å². The Hall–Kier alpha value is -2.05. The minimum atomic E-state index is -3.55. The van der Waals surface area contributed by atoms with Crippen LogP contribution in [0.5, 0.6) is 5.75 Å². The maximum absolute atomic E-state index is 12.4. The summed E-state index contributed by atoms with van der Waals surface area (Å²) in [5.41, 5.74) is 3.09. The molecule has 0 aliphatic heterocycles. The monoisotopic (exact) mass is 278 g/mol. The van der Waals surface area contributed by atoms with E-state index in [4.69, 9.17) is 10.6 Å². The molecule has 5 nitrogen and oxygen atoms in total. The molecule has 2 aromatic carbocycles. The molecule has 0 amide bonds. The van der Waals surface area contributed by atoms with E-state index in [1.165, 1.54) is 31.4 Å². The molecule has 0 bridgehead atoms. The lowest BCUT2D eigenvalue weighted by atomic mass is 10.3. The first-order valence-corrected chi connectivity index (χ1v) is 7.02. The molecule has 2 rings (SSSR count). The zero-order valence-corrected chi connectivity index (χ0v) is 11.1. The van der Waals surface area contributed by atoms with Crippen molar-refractivity contribution in [1.82, 2.24) is 0 Å². The van der Waals surface area contributed by atoms with Crippen LogP contribution in [0.15, 0.2) is 58.3 Å². The van der Waals surface area contributed by atoms with E-state index in [-0.39, 0.29) is 9.79 Å². The lowest BCUT2D eigenvalue weighted by Crippen LogP contribution is -2.07. The van der Waals surface area contributed by atoms with E-state index >= 15 is 0 Å². The first-order valence-electron chi connectivity index (χ1n) is 5.54. The van der Waals surface area contributed by atoms with E-state index in [0.717, 1.165) is 0 Å². The molecule has 0 radical (unpaired) electrons. The molecule has 100 valence electrons. The molecule has 0 heterocycles. The third kappa shape index (κ3) is 2.69. The van der Waals surface area contributed by atoms with E-state index in [1.807, 2.05) is 0 Å². The third-order valence-corrected chi connectivity index (χ3v) is 4.45. The Balaban J connectivity index is 2.45. The molecule has 0 unspecified atom stereocenters. The third-order valence-electron chi connectivity index (χ3n) is 2.68. The van der Waals surface area contributed by atoms with Crippen molar-refractivity contribution in [3.63, 3.8) is 0 Å². The SMILES string of the molecule is COc1cccc(S(=O)(=O)c2ccc(NN)cc2)c1. The summed E-state index contributed by atoms with van der Waals surface area (Å²) in [6.07, 6.45) is 0. The summed E-state index contributed by atoms with van der Waals surface area (Å²) in [6.45, 7) is 0. The molecular weight excluding hydrogens is 264 g/mol. The van der Waals surface area contributed by atoms with Crippen molar-refractivity contribution >= 4 is 15.5 Å². The Morgan fingerprint density at radius 3 is 2.32 bits per heavy atom. The molecule has 0 atom stereocenters. The van der Waals surface area contributed by atoms with E-state index in [0.29, 0.717) is 11.4 Å². The predicted molar refractivity (Wildman–Crippen MR) is 72.7 cm³/mol. The Labute approximate surface area is 111 Å². The number of rotatable bonds is 4. The van der Waals surface area contributed by atoms with Gasteiger partial charge in [0.05, 0.1) is 16.9 Å². The van der Waals surface area contributed by atoms with Gasteiger partial charge < -0.3 is 10.2 Å². The molecule has 0 aliphatic rings. The molecule has 0 saturated carbocycles. The lowest BCUT2D eigenvalue weighted by Gasteiger charge is -2.07. The fourth-order valence-electron chi connectivity index (χ4n) is 1.63. The zero-order valence-electron chi connectivity index (χ0n) is 10.3. The quantitative estimate of drug-likeness (QED) is 0.658. The number of nitrogen functional groups attached to an aromatic ring is 1. The van der Waals surface area contributed by atoms with Gasteiger partial charge in [0.2, 0.25) is 9.84 Å². The van der Waals surface area contributed by atoms with Crippen LogP contribution in [0, 0.1) is 0 Å². The number of hydrogen-bond donors (Lipinski definition) is 2. The Kier molecular flexibility index (Phi) is 3.73. The van der Waals surface area contributed by atoms with Crippen LogP contribution < -0.4 is 16.0 Å². The molecule has 19 heavy (non-hydrogen) atoms. The van der Waals surface area contributed by atoms with Crippen molar-refractivity contribution in [3.05, 3.63) is 48.5 Å². The van der Waals surface area contributed by atoms with Crippen molar-refractivity contribution in [2.45, 2.75) is 9.79 Å². The first kappa shape index (κ1) is 13.4. The van der Waals surface area contributed by atoms with Crippen molar-refractivity contribution in [2.75, 3.05) is 12.5 Å². The van der Waals surface area contributed by atoms with E-state index in [2.05, 4.69) is 5.43 Å². The number of sulfone groups is 1. The normalized spacial score (nSPS) is 11.1. The number of methoxy groups -OCH3 is 1. The molecule has 0 aliphatic carbocycles. The number of benzene rings is 2. The van der Waals surface area contributed by atoms with Gasteiger partial charge in [-0.1, -0.05) is 6.07 Å². The second-order valence-electron chi connectivity index (χ2n) is 3.85. The molecule has 3 N–H and O–H groups in total. The maximum Gasteiger partial charge on any atom is 0.206 e. The highest BCUT2D eigenvalue weighted by Crippen LogP contribution is 2.24. The van der Waals surface area contributed by atoms with Crippen molar-refractivity contribution < 1.29 is 13.2 Å². The van der Waals surface area contributed by atoms with Crippen molar-refractivity contribution in [2.24, 2.45) is 5.84 Å². The van der Waals surface area contributed by atoms with Crippen LogP contribution >= 0.6 is 0 Å². The van der Waals surface area contributed by atoms with Gasteiger partial charge in [-0.25, -0.2) is 8.42 Å². The Morgan fingerprint density at radius 1 is 1.05 bits per heavy atom. The molecule has 0 saturated heterocycles. The molecule has 0 aromatic heterocycles. The van der Waals surface area contributed by atoms with Gasteiger partial charge in [0, 0.05) is 5.69 Å². The molecule has 0 fully saturated rings. The molecular formula is C13H14N2O3S. The van der Waals surface area contributed by atoms with Gasteiger partial charge in [-0.05, 0) is 42.5 Å². The summed E-state index contributed by atoms with van der Waals surface area (Å²) in [6, 6.07) is 12.6. The smallest absolute Gasteiger partial charge is 0.206 e. The second kappa shape index (κ2) is 5.29. The van der Waals surface area contributed by atoms with Gasteiger partial charge in [0.15, 0.2) is 0 Å². The predicted octanol–water partition coefficient (Wildman–Crippen LogP) is 1.81. The van der Waals surface area contributed by atoms with Gasteiger partial charge in [0.25, 0.3) is 0 Å². The lowest BCUT2D eigenvalue weighted by molar-refractivity contribution is 0.413. The number of hydrogen-bond acceptors (Lipinski definition) is 5. The zero-order chi connectivity index (χ0) is 13.9. The number of hydrazine groups is 1. The minimum absolute atomic E-state index is 0.195. The molecule has 0 spiro atoms. The van der Waals surface area contributed by atoms with E-state index < -0.39 is 9.84 Å². The van der Waals surface area contributed by atoms with Crippen LogP contribution in [0.3, 0.4) is 0 Å². The van der Waals surface area contributed by atoms with Crippen LogP contribution in [0.25, 0.3) is 0 Å². The Morgan fingerprint density at radius 2 is 1.74 bits per heavy atom. The van der Waals surface area contributed by atoms with Gasteiger partial charge >= 0.3 is 0 Å². The van der Waals surface area contributed by atoms with E-state index in [1.54, 1.807) is 24.3 Å². The van der Waals surface area contributed by atoms with Crippen LogP contribution in [0.4, 0.5) is 5.69 Å². The maximum atomic E-state index is 12.4. The summed E-state index contributed by atoms with van der Waals surface area (Å²) in [4.78, 5) is 0.403. The highest BCUT2D eigenvalue weighted by molar-refractivity contribution is 7.91. The second-order valence-corrected chi connectivity index (χ2v) is 5.80. The average Bonchev–Trinajstić information content (AvgIpc) is 2.47. The number of anilines is 1. The standard InChI is InChI=1S/C13H14N2O3S/c1-18-11-3-2-4-13(9-11)19(16,17)12-7-5-10(15-14)6-8-12/h2-9,15H,14H2,1H3. The van der Waals surface area contributed by atoms with Crippen LogP contribution in [0.2, 0.25) is 0 Å². The van der Waals surface area contributed by atoms with Gasteiger partial charge in [-0.3, -0.25) is 5.84 Å². The first-order chi connectivity index (χ1) is 9.07. The summed E-state index contributed by atoms with van der Waals surface area (Å²) in [5, 5.41) is 0. The van der Waals surface area contributed by atoms with Gasteiger partial charge in [-0.15, -0.1) is 0 Å². The topological polar surface area (TPSA) is 81.4 Å². The van der Waals surface area contributed by atoms with Crippen LogP contribution in [-0.4, -0.2) is 15.5 Å². The van der Waals surface area contributed by atoms with Crippen molar-refractivity contribution in [3.8, 4) is 5.75 Å². The van der Waals surface area contributed by atoms with Crippen LogP contribution in [0.1, 0.15) is 0 Å². The summed E-state index contributed by atoms with van der Waals surface area (Å²) < 4.78 is 29.8. The molecule has 6 heteroatoms. The summed E-state index contributed by atoms with van der Waals surface area (Å²) in [7, 11) is -2.05. The largest absolute Gasteiger partial charge is 0.497 e. The Bertz CT molecular complexity index is 667. The highest BCUT2D eigenvalue weighted by atomic mass is 32.2. The fourth-order valence-corrected chi connectivity index (χ4v) is 2.93. The summed E-state index contributed by atoms with van der Waals surface area (Å²) in [5.74, 6) is 5.74. The molecule has 2 aromatic rings. The van der Waals surface area contributed by atoms with E-state index in [9.17, 15) is 8.42 Å². The number of nitrogens with one attached hydrogen (secondary N) is 1.